The van der Waals surface area contributed by atoms with E-state index < -0.39 is 5.41 Å². The van der Waals surface area contributed by atoms with Crippen molar-refractivity contribution in [2.75, 3.05) is 31.2 Å². The Morgan fingerprint density at radius 2 is 1.98 bits per heavy atom. The number of ether oxygens (including phenoxy) is 2. The minimum absolute atomic E-state index is 0.0165. The summed E-state index contributed by atoms with van der Waals surface area (Å²) in [4.78, 5) is 32.8. The number of hydrogen-bond acceptors (Lipinski definition) is 10. The van der Waals surface area contributed by atoms with Crippen LogP contribution in [0.5, 0.6) is 6.01 Å². The molecule has 43 heavy (non-hydrogen) atoms. The summed E-state index contributed by atoms with van der Waals surface area (Å²) in [5, 5.41) is 12.4. The van der Waals surface area contributed by atoms with Crippen molar-refractivity contribution in [3.05, 3.63) is 53.7 Å². The number of rotatable bonds is 11. The zero-order valence-electron chi connectivity index (χ0n) is 25.3. The molecule has 12 nitrogen and oxygen atoms in total. The van der Waals surface area contributed by atoms with E-state index in [0.29, 0.717) is 43.0 Å². The average Bonchev–Trinajstić information content (AvgIpc) is 3.68. The number of carbonyl (C=O) groups excluding carboxylic acids is 1. The molecule has 0 unspecified atom stereocenters. The Bertz CT molecular complexity index is 1440. The number of nitrogens with one attached hydrogen (secondary N) is 1. The van der Waals surface area contributed by atoms with Crippen LogP contribution in [-0.2, 0) is 11.8 Å². The van der Waals surface area contributed by atoms with E-state index in [2.05, 4.69) is 37.4 Å². The molecule has 3 N–H and O–H groups in total. The molecular formula is C31H41N9O3. The van der Waals surface area contributed by atoms with Gasteiger partial charge in [0.2, 0.25) is 11.8 Å². The Labute approximate surface area is 252 Å². The summed E-state index contributed by atoms with van der Waals surface area (Å²) >= 11 is 0. The summed E-state index contributed by atoms with van der Waals surface area (Å²) in [7, 11) is 1.95. The quantitative estimate of drug-likeness (QED) is 0.398. The third kappa shape index (κ3) is 7.71. The van der Waals surface area contributed by atoms with E-state index in [1.807, 2.05) is 48.7 Å². The van der Waals surface area contributed by atoms with E-state index in [-0.39, 0.29) is 30.4 Å². The first-order valence-corrected chi connectivity index (χ1v) is 15.1. The van der Waals surface area contributed by atoms with Crippen LogP contribution in [0.2, 0.25) is 0 Å². The van der Waals surface area contributed by atoms with E-state index in [9.17, 15) is 10.1 Å². The van der Waals surface area contributed by atoms with Crippen molar-refractivity contribution in [1.29, 1.82) is 5.26 Å². The summed E-state index contributed by atoms with van der Waals surface area (Å²) in [5.74, 6) is 1.03. The van der Waals surface area contributed by atoms with Crippen molar-refractivity contribution >= 4 is 17.4 Å². The highest BCUT2D eigenvalue weighted by molar-refractivity contribution is 5.91. The maximum atomic E-state index is 12.9. The molecule has 2 fully saturated rings. The number of nitrogens with zero attached hydrogens (tertiary/aromatic N) is 7. The molecule has 3 aliphatic rings. The molecule has 1 aliphatic heterocycles. The lowest BCUT2D eigenvalue weighted by Gasteiger charge is -2.32. The first kappa shape index (κ1) is 30.1. The fourth-order valence-electron chi connectivity index (χ4n) is 4.92. The number of hydrogen-bond donors (Lipinski definition) is 2. The van der Waals surface area contributed by atoms with Gasteiger partial charge in [-0.3, -0.25) is 4.79 Å². The van der Waals surface area contributed by atoms with Crippen LogP contribution in [-0.4, -0.2) is 62.8 Å². The molecule has 2 aromatic heterocycles. The molecule has 0 radical (unpaired) electrons. The smallest absolute Gasteiger partial charge is 0.322 e. The Balaban J connectivity index is 1.24. The molecule has 0 spiro atoms. The molecule has 2 aromatic rings. The van der Waals surface area contributed by atoms with Gasteiger partial charge in [-0.1, -0.05) is 19.1 Å². The number of allylic oxidation sites excluding steroid dienone is 4. The minimum Gasteiger partial charge on any atom is -0.491 e. The number of nitrogens with two attached hydrogens (primary N) is 1. The fraction of sp³-hybridized carbons (Fsp3) is 0.548. The molecule has 2 aliphatic carbocycles. The van der Waals surface area contributed by atoms with E-state index in [4.69, 9.17) is 15.2 Å². The summed E-state index contributed by atoms with van der Waals surface area (Å²) in [6.07, 6.45) is 15.7. The second kappa shape index (κ2) is 13.3. The molecule has 228 valence electrons. The zero-order valence-corrected chi connectivity index (χ0v) is 25.3. The van der Waals surface area contributed by atoms with Crippen LogP contribution in [0.1, 0.15) is 75.1 Å². The zero-order chi connectivity index (χ0) is 30.4. The third-order valence-electron chi connectivity index (χ3n) is 8.20. The fourth-order valence-corrected chi connectivity index (χ4v) is 4.92. The largest absolute Gasteiger partial charge is 0.491 e. The predicted molar refractivity (Wildman–Crippen MR) is 161 cm³/mol. The van der Waals surface area contributed by atoms with Crippen molar-refractivity contribution in [3.8, 4) is 12.1 Å². The molecule has 12 heteroatoms. The van der Waals surface area contributed by atoms with E-state index in [1.165, 1.54) is 0 Å². The normalized spacial score (nSPS) is 22.7. The van der Waals surface area contributed by atoms with E-state index in [1.54, 1.807) is 6.33 Å². The first-order chi connectivity index (χ1) is 20.8. The molecule has 1 saturated carbocycles. The second-order valence-corrected chi connectivity index (χ2v) is 11.8. The Kier molecular flexibility index (Phi) is 9.28. The van der Waals surface area contributed by atoms with Crippen LogP contribution >= 0.6 is 0 Å². The van der Waals surface area contributed by atoms with Crippen molar-refractivity contribution in [3.63, 3.8) is 0 Å². The van der Waals surface area contributed by atoms with Gasteiger partial charge in [0.25, 0.3) is 5.91 Å². The number of aromatic nitrogens is 5. The number of amides is 1. The van der Waals surface area contributed by atoms with Gasteiger partial charge in [-0.25, -0.2) is 4.98 Å². The standard InChI is InChI=1S/C31H41N9O3/c1-4-21(2)35-28(41)27-36-29(38-30(37-27)43-19-31(18-32)11-12-31)40-13-9-22(10-14-40)17-42-26-15-23(7-5-6-8-24(26)33)25-16-39(3)20-34-25/h7-8,15-16,20-22H,4-6,9-14,17,19,33H2,1-3H3,(H,35,41)/b23-7+,24-8+,26-15+/t21-/m1/s1. The highest BCUT2D eigenvalue weighted by atomic mass is 16.5. The predicted octanol–water partition coefficient (Wildman–Crippen LogP) is 3.65. The lowest BCUT2D eigenvalue weighted by atomic mass is 9.98. The van der Waals surface area contributed by atoms with Crippen LogP contribution in [0.3, 0.4) is 0 Å². The van der Waals surface area contributed by atoms with Gasteiger partial charge in [-0.15, -0.1) is 0 Å². The van der Waals surface area contributed by atoms with Crippen LogP contribution in [0, 0.1) is 22.7 Å². The van der Waals surface area contributed by atoms with Gasteiger partial charge in [0, 0.05) is 37.9 Å². The van der Waals surface area contributed by atoms with Crippen LogP contribution < -0.4 is 20.7 Å². The van der Waals surface area contributed by atoms with Crippen molar-refractivity contribution < 1.29 is 14.3 Å². The Hall–Kier alpha value is -4.40. The molecule has 1 saturated heterocycles. The average molecular weight is 588 g/mol. The first-order valence-electron chi connectivity index (χ1n) is 15.1. The highest BCUT2D eigenvalue weighted by Gasteiger charge is 2.44. The molecule has 0 aromatic carbocycles. The monoisotopic (exact) mass is 587 g/mol. The summed E-state index contributed by atoms with van der Waals surface area (Å²) in [6, 6.07) is 2.36. The lowest BCUT2D eigenvalue weighted by Crippen LogP contribution is -2.38. The second-order valence-electron chi connectivity index (χ2n) is 11.8. The van der Waals surface area contributed by atoms with Crippen LogP contribution in [0.15, 0.2) is 42.2 Å². The van der Waals surface area contributed by atoms with Crippen LogP contribution in [0.25, 0.3) is 5.57 Å². The van der Waals surface area contributed by atoms with Gasteiger partial charge in [-0.2, -0.15) is 20.2 Å². The summed E-state index contributed by atoms with van der Waals surface area (Å²) in [6.45, 7) is 6.04. The molecular weight excluding hydrogens is 546 g/mol. The van der Waals surface area contributed by atoms with Crippen molar-refractivity contribution in [2.45, 2.75) is 64.8 Å². The van der Waals surface area contributed by atoms with Gasteiger partial charge in [0.15, 0.2) is 0 Å². The van der Waals surface area contributed by atoms with Gasteiger partial charge in [0.1, 0.15) is 12.4 Å². The van der Waals surface area contributed by atoms with E-state index in [0.717, 1.165) is 56.2 Å². The Morgan fingerprint density at radius 3 is 2.65 bits per heavy atom. The van der Waals surface area contributed by atoms with E-state index >= 15 is 0 Å². The molecule has 0 bridgehead atoms. The minimum atomic E-state index is -0.483. The van der Waals surface area contributed by atoms with Gasteiger partial charge in [-0.05, 0) is 63.9 Å². The topological polar surface area (TPSA) is 157 Å². The number of carbonyl (C=O) groups is 1. The summed E-state index contributed by atoms with van der Waals surface area (Å²) < 4.78 is 14.1. The maximum Gasteiger partial charge on any atom is 0.322 e. The molecule has 1 atom stereocenters. The Morgan fingerprint density at radius 1 is 1.21 bits per heavy atom. The molecule has 5 rings (SSSR count). The van der Waals surface area contributed by atoms with Crippen LogP contribution in [0.4, 0.5) is 5.95 Å². The van der Waals surface area contributed by atoms with Gasteiger partial charge < -0.3 is 30.0 Å². The maximum absolute atomic E-state index is 12.9. The van der Waals surface area contributed by atoms with Crippen molar-refractivity contribution in [1.82, 2.24) is 29.8 Å². The van der Waals surface area contributed by atoms with Gasteiger partial charge in [0.05, 0.1) is 35.8 Å². The van der Waals surface area contributed by atoms with Gasteiger partial charge >= 0.3 is 6.01 Å². The number of aryl methyl sites for hydroxylation is 1. The summed E-state index contributed by atoms with van der Waals surface area (Å²) in [5.41, 5.74) is 8.44. The molecule has 3 heterocycles. The SMILES string of the molecule is CC[C@@H](C)NC(=O)c1nc(OCC2(C#N)CC2)nc(N2CCC(COC3=C/C(c4cn(C)cn4)=C\CC/C=C\3N)CC2)n1. The number of imidazole rings is 1. The lowest BCUT2D eigenvalue weighted by molar-refractivity contribution is 0.0926. The highest BCUT2D eigenvalue weighted by Crippen LogP contribution is 2.44. The number of nitriles is 1. The third-order valence-corrected chi connectivity index (χ3v) is 8.20. The number of anilines is 1. The van der Waals surface area contributed by atoms with Crippen molar-refractivity contribution in [2.24, 2.45) is 24.1 Å². The molecule has 1 amide bonds. The number of piperidine rings is 1.